The van der Waals surface area contributed by atoms with E-state index in [1.54, 1.807) is 0 Å². The van der Waals surface area contributed by atoms with Crippen molar-refractivity contribution in [2.24, 2.45) is 17.3 Å². The normalized spacial score (nSPS) is 25.9. The molecule has 0 N–H and O–H groups in total. The van der Waals surface area contributed by atoms with Crippen LogP contribution in [0.25, 0.3) is 0 Å². The van der Waals surface area contributed by atoms with Crippen LogP contribution in [0.2, 0.25) is 0 Å². The summed E-state index contributed by atoms with van der Waals surface area (Å²) in [5.41, 5.74) is 2.47. The summed E-state index contributed by atoms with van der Waals surface area (Å²) in [5, 5.41) is 0. The maximum Gasteiger partial charge on any atom is 0.310 e. The molecule has 0 amide bonds. The van der Waals surface area contributed by atoms with Crippen molar-refractivity contribution in [3.63, 3.8) is 0 Å². The van der Waals surface area contributed by atoms with Gasteiger partial charge in [-0.25, -0.2) is 0 Å². The van der Waals surface area contributed by atoms with Crippen molar-refractivity contribution in [1.29, 1.82) is 0 Å². The first-order chi connectivity index (χ1) is 9.25. The summed E-state index contributed by atoms with van der Waals surface area (Å²) in [7, 11) is 0. The zero-order chi connectivity index (χ0) is 15.5. The molecule has 1 fully saturated rings. The van der Waals surface area contributed by atoms with Crippen molar-refractivity contribution >= 4 is 5.97 Å². The van der Waals surface area contributed by atoms with E-state index in [0.29, 0.717) is 5.92 Å². The highest BCUT2D eigenvalue weighted by Gasteiger charge is 2.61. The van der Waals surface area contributed by atoms with Gasteiger partial charge in [-0.05, 0) is 50.5 Å². The Kier molecular flexibility index (Phi) is 5.61. The highest BCUT2D eigenvalue weighted by Crippen LogP contribution is 2.60. The smallest absolute Gasteiger partial charge is 0.310 e. The second-order valence-corrected chi connectivity index (χ2v) is 6.76. The van der Waals surface area contributed by atoms with E-state index in [1.165, 1.54) is 11.1 Å². The molecule has 1 aliphatic carbocycles. The Balaban J connectivity index is 2.72. The van der Waals surface area contributed by atoms with Gasteiger partial charge in [0.1, 0.15) is 6.10 Å². The molecule has 1 aliphatic rings. The van der Waals surface area contributed by atoms with Gasteiger partial charge < -0.3 is 4.74 Å². The fourth-order valence-electron chi connectivity index (χ4n) is 2.96. The Labute approximate surface area is 124 Å². The van der Waals surface area contributed by atoms with Gasteiger partial charge in [-0.15, -0.1) is 0 Å². The van der Waals surface area contributed by atoms with Crippen LogP contribution < -0.4 is 0 Å². The molecule has 0 heterocycles. The lowest BCUT2D eigenvalue weighted by molar-refractivity contribution is -0.150. The lowest BCUT2D eigenvalue weighted by atomic mass is 10.1. The van der Waals surface area contributed by atoms with Crippen LogP contribution in [0.3, 0.4) is 0 Å². The van der Waals surface area contributed by atoms with Crippen LogP contribution in [0.15, 0.2) is 23.3 Å². The molecule has 2 nitrogen and oxygen atoms in total. The van der Waals surface area contributed by atoms with Crippen LogP contribution >= 0.6 is 0 Å². The monoisotopic (exact) mass is 278 g/mol. The zero-order valence-corrected chi connectivity index (χ0v) is 14.1. The minimum atomic E-state index is -0.0637. The summed E-state index contributed by atoms with van der Waals surface area (Å²) in [4.78, 5) is 12.4. The molecule has 1 rings (SSSR count). The summed E-state index contributed by atoms with van der Waals surface area (Å²) in [6.07, 6.45) is 6.12. The quantitative estimate of drug-likeness (QED) is 0.510. The Morgan fingerprint density at radius 3 is 2.30 bits per heavy atom. The maximum atomic E-state index is 12.4. The number of ether oxygens (including phenoxy) is 1. The van der Waals surface area contributed by atoms with Crippen LogP contribution in [0, 0.1) is 17.3 Å². The van der Waals surface area contributed by atoms with E-state index in [-0.39, 0.29) is 23.4 Å². The topological polar surface area (TPSA) is 26.3 Å². The van der Waals surface area contributed by atoms with Gasteiger partial charge >= 0.3 is 5.97 Å². The molecular formula is C18H30O2. The lowest BCUT2D eigenvalue weighted by Crippen LogP contribution is -2.21. The van der Waals surface area contributed by atoms with E-state index >= 15 is 0 Å². The third-order valence-corrected chi connectivity index (χ3v) is 4.34. The lowest BCUT2D eigenvalue weighted by Gasteiger charge is -2.17. The summed E-state index contributed by atoms with van der Waals surface area (Å²) in [6, 6.07) is 0. The highest BCUT2D eigenvalue weighted by atomic mass is 16.5. The molecule has 0 radical (unpaired) electrons. The third-order valence-electron chi connectivity index (χ3n) is 4.34. The molecule has 0 bridgehead atoms. The van der Waals surface area contributed by atoms with Crippen LogP contribution in [0.4, 0.5) is 0 Å². The van der Waals surface area contributed by atoms with Gasteiger partial charge in [-0.2, -0.15) is 0 Å². The van der Waals surface area contributed by atoms with Crippen molar-refractivity contribution < 1.29 is 9.53 Å². The Morgan fingerprint density at radius 2 is 1.85 bits per heavy atom. The van der Waals surface area contributed by atoms with Crippen LogP contribution in [-0.2, 0) is 9.53 Å². The molecule has 3 unspecified atom stereocenters. The average Bonchev–Trinajstić information content (AvgIpc) is 2.86. The Hall–Kier alpha value is -1.05. The molecule has 0 spiro atoms. The maximum absolute atomic E-state index is 12.4. The molecule has 0 aliphatic heterocycles. The molecule has 2 heteroatoms. The van der Waals surface area contributed by atoms with Gasteiger partial charge in [0.15, 0.2) is 0 Å². The number of carbonyl (C=O) groups is 1. The first-order valence-corrected chi connectivity index (χ1v) is 7.77. The molecular weight excluding hydrogens is 248 g/mol. The molecule has 0 aromatic carbocycles. The standard InChI is InChI=1S/C18H30O2/c1-8-10-13(5)15(9-2)20-17(19)16-14(11-12(3)4)18(16,6)7/h10-11,14-16H,8-9H2,1-7H3/b13-10+. The first kappa shape index (κ1) is 17.0. The van der Waals surface area contributed by atoms with E-state index in [0.717, 1.165) is 12.8 Å². The van der Waals surface area contributed by atoms with Gasteiger partial charge in [0.25, 0.3) is 0 Å². The minimum Gasteiger partial charge on any atom is -0.458 e. The van der Waals surface area contributed by atoms with Gasteiger partial charge in [0, 0.05) is 0 Å². The van der Waals surface area contributed by atoms with Gasteiger partial charge in [-0.1, -0.05) is 45.4 Å². The highest BCUT2D eigenvalue weighted by molar-refractivity contribution is 5.78. The SMILES string of the molecule is CC/C=C(\C)C(CC)OC(=O)C1C(C=C(C)C)C1(C)C. The fourth-order valence-corrected chi connectivity index (χ4v) is 2.96. The fraction of sp³-hybridized carbons (Fsp3) is 0.722. The number of rotatable bonds is 6. The van der Waals surface area contributed by atoms with Crippen molar-refractivity contribution in [2.75, 3.05) is 0 Å². The molecule has 0 saturated heterocycles. The number of hydrogen-bond acceptors (Lipinski definition) is 2. The molecule has 3 atom stereocenters. The van der Waals surface area contributed by atoms with Crippen LogP contribution in [0.5, 0.6) is 0 Å². The summed E-state index contributed by atoms with van der Waals surface area (Å²) >= 11 is 0. The largest absolute Gasteiger partial charge is 0.458 e. The van der Waals surface area contributed by atoms with Crippen LogP contribution in [-0.4, -0.2) is 12.1 Å². The van der Waals surface area contributed by atoms with Crippen LogP contribution in [0.1, 0.15) is 61.3 Å². The molecule has 0 aromatic rings. The minimum absolute atomic E-state index is 0.0147. The van der Waals surface area contributed by atoms with Gasteiger partial charge in [0.2, 0.25) is 0 Å². The number of carbonyl (C=O) groups excluding carboxylic acids is 1. The average molecular weight is 278 g/mol. The summed E-state index contributed by atoms with van der Waals surface area (Å²) in [6.45, 7) is 14.7. The van der Waals surface area contributed by atoms with Crippen molar-refractivity contribution in [3.8, 4) is 0 Å². The first-order valence-electron chi connectivity index (χ1n) is 7.77. The molecule has 1 saturated carbocycles. The van der Waals surface area contributed by atoms with E-state index in [9.17, 15) is 4.79 Å². The third kappa shape index (κ3) is 3.74. The number of esters is 1. The van der Waals surface area contributed by atoms with E-state index in [2.05, 4.69) is 60.6 Å². The van der Waals surface area contributed by atoms with E-state index in [1.807, 2.05) is 0 Å². The Morgan fingerprint density at radius 1 is 1.25 bits per heavy atom. The van der Waals surface area contributed by atoms with Crippen molar-refractivity contribution in [3.05, 3.63) is 23.3 Å². The van der Waals surface area contributed by atoms with E-state index in [4.69, 9.17) is 4.74 Å². The predicted molar refractivity (Wildman–Crippen MR) is 84.4 cm³/mol. The number of allylic oxidation sites excluding steroid dienone is 3. The predicted octanol–water partition coefficient (Wildman–Crippen LogP) is 4.90. The molecule has 0 aromatic heterocycles. The molecule has 20 heavy (non-hydrogen) atoms. The van der Waals surface area contributed by atoms with Crippen molar-refractivity contribution in [1.82, 2.24) is 0 Å². The summed E-state index contributed by atoms with van der Waals surface area (Å²) < 4.78 is 5.75. The zero-order valence-electron chi connectivity index (χ0n) is 14.1. The second-order valence-electron chi connectivity index (χ2n) is 6.76. The van der Waals surface area contributed by atoms with Gasteiger partial charge in [-0.3, -0.25) is 4.79 Å². The van der Waals surface area contributed by atoms with E-state index < -0.39 is 0 Å². The van der Waals surface area contributed by atoms with Crippen molar-refractivity contribution in [2.45, 2.75) is 67.4 Å². The second kappa shape index (κ2) is 6.60. The summed E-state index contributed by atoms with van der Waals surface area (Å²) in [5.74, 6) is 0.307. The van der Waals surface area contributed by atoms with Gasteiger partial charge in [0.05, 0.1) is 5.92 Å². The number of hydrogen-bond donors (Lipinski definition) is 0. The molecule has 114 valence electrons. The Bertz CT molecular complexity index is 411.